The zero-order chi connectivity index (χ0) is 15.7. The maximum absolute atomic E-state index is 12.5. The maximum Gasteiger partial charge on any atom is 0.274 e. The van der Waals surface area contributed by atoms with E-state index < -0.39 is 0 Å². The highest BCUT2D eigenvalue weighted by Gasteiger charge is 2.22. The van der Waals surface area contributed by atoms with Gasteiger partial charge in [0, 0.05) is 31.6 Å². The van der Waals surface area contributed by atoms with Gasteiger partial charge < -0.3 is 10.6 Å². The Hall–Kier alpha value is -2.21. The Labute approximate surface area is 128 Å². The highest BCUT2D eigenvalue weighted by molar-refractivity contribution is 5.88. The topological polar surface area (TPSA) is 81.2 Å². The fourth-order valence-electron chi connectivity index (χ4n) is 3.00. The number of piperidine rings is 1. The van der Waals surface area contributed by atoms with Crippen molar-refractivity contribution >= 4 is 16.7 Å². The molecule has 0 spiro atoms. The molecule has 2 N–H and O–H groups in total. The number of hydrogen-bond donors (Lipinski definition) is 1. The summed E-state index contributed by atoms with van der Waals surface area (Å²) in [6.07, 6.45) is 2.10. The van der Waals surface area contributed by atoms with Crippen molar-refractivity contribution < 1.29 is 4.79 Å². The van der Waals surface area contributed by atoms with Crippen LogP contribution in [0.5, 0.6) is 0 Å². The second-order valence-electron chi connectivity index (χ2n) is 5.84. The minimum absolute atomic E-state index is 0.0199. The molecule has 1 aromatic carbocycles. The monoisotopic (exact) mass is 300 g/mol. The number of nitrogens with two attached hydrogens (primary N) is 1. The summed E-state index contributed by atoms with van der Waals surface area (Å²) >= 11 is 0. The van der Waals surface area contributed by atoms with Crippen molar-refractivity contribution in [3.63, 3.8) is 0 Å². The van der Waals surface area contributed by atoms with Gasteiger partial charge in [-0.05, 0) is 18.9 Å². The average molecular weight is 300 g/mol. The minimum Gasteiger partial charge on any atom is -0.341 e. The van der Waals surface area contributed by atoms with Crippen LogP contribution in [0.4, 0.5) is 0 Å². The summed E-state index contributed by atoms with van der Waals surface area (Å²) in [6.45, 7) is 1.35. The number of aryl methyl sites for hydroxylation is 1. The summed E-state index contributed by atoms with van der Waals surface area (Å²) in [7, 11) is 1.61. The fourth-order valence-corrected chi connectivity index (χ4v) is 3.00. The van der Waals surface area contributed by atoms with Crippen LogP contribution in [-0.2, 0) is 18.3 Å². The van der Waals surface area contributed by atoms with E-state index in [2.05, 4.69) is 5.10 Å². The SMILES string of the molecule is Cn1nc(CC(=O)N2CCCC(N)C2)c2ccccc2c1=O. The second kappa shape index (κ2) is 5.88. The van der Waals surface area contributed by atoms with Gasteiger partial charge in [-0.2, -0.15) is 5.10 Å². The van der Waals surface area contributed by atoms with Crippen LogP contribution < -0.4 is 11.3 Å². The van der Waals surface area contributed by atoms with Crippen molar-refractivity contribution in [2.24, 2.45) is 12.8 Å². The number of aromatic nitrogens is 2. The van der Waals surface area contributed by atoms with Crippen LogP contribution in [0.2, 0.25) is 0 Å². The van der Waals surface area contributed by atoms with Crippen LogP contribution in [0, 0.1) is 0 Å². The van der Waals surface area contributed by atoms with Gasteiger partial charge in [-0.25, -0.2) is 4.68 Å². The molecule has 1 aliphatic rings. The van der Waals surface area contributed by atoms with Gasteiger partial charge in [-0.1, -0.05) is 18.2 Å². The highest BCUT2D eigenvalue weighted by Crippen LogP contribution is 2.16. The Morgan fingerprint density at radius 3 is 2.82 bits per heavy atom. The molecule has 1 fully saturated rings. The zero-order valence-electron chi connectivity index (χ0n) is 12.7. The summed E-state index contributed by atoms with van der Waals surface area (Å²) in [5.41, 5.74) is 6.43. The van der Waals surface area contributed by atoms with E-state index >= 15 is 0 Å². The first-order valence-corrected chi connectivity index (χ1v) is 7.54. The number of benzene rings is 1. The third-order valence-electron chi connectivity index (χ3n) is 4.16. The van der Waals surface area contributed by atoms with Crippen molar-refractivity contribution in [3.05, 3.63) is 40.3 Å². The van der Waals surface area contributed by atoms with Gasteiger partial charge in [-0.3, -0.25) is 9.59 Å². The average Bonchev–Trinajstić information content (AvgIpc) is 2.52. The lowest BCUT2D eigenvalue weighted by Crippen LogP contribution is -2.46. The Morgan fingerprint density at radius 1 is 1.36 bits per heavy atom. The van der Waals surface area contributed by atoms with Crippen molar-refractivity contribution in [1.82, 2.24) is 14.7 Å². The molecule has 0 aliphatic carbocycles. The van der Waals surface area contributed by atoms with E-state index in [1.807, 2.05) is 18.2 Å². The molecule has 1 aliphatic heterocycles. The summed E-state index contributed by atoms with van der Waals surface area (Å²) in [6, 6.07) is 7.34. The van der Waals surface area contributed by atoms with Crippen molar-refractivity contribution in [3.8, 4) is 0 Å². The third-order valence-corrected chi connectivity index (χ3v) is 4.16. The molecule has 0 radical (unpaired) electrons. The molecular formula is C16H20N4O2. The maximum atomic E-state index is 12.5. The largest absolute Gasteiger partial charge is 0.341 e. The van der Waals surface area contributed by atoms with Crippen molar-refractivity contribution in [2.45, 2.75) is 25.3 Å². The number of carbonyl (C=O) groups excluding carboxylic acids is 1. The predicted molar refractivity (Wildman–Crippen MR) is 84.5 cm³/mol. The molecule has 0 saturated carbocycles. The van der Waals surface area contributed by atoms with Gasteiger partial charge in [0.2, 0.25) is 5.91 Å². The number of rotatable bonds is 2. The van der Waals surface area contributed by atoms with Gasteiger partial charge >= 0.3 is 0 Å². The predicted octanol–water partition coefficient (Wildman–Crippen LogP) is 0.426. The number of amides is 1. The fraction of sp³-hybridized carbons (Fsp3) is 0.438. The molecule has 1 aromatic heterocycles. The second-order valence-corrected chi connectivity index (χ2v) is 5.84. The van der Waals surface area contributed by atoms with Crippen molar-refractivity contribution in [2.75, 3.05) is 13.1 Å². The Morgan fingerprint density at radius 2 is 2.09 bits per heavy atom. The molecule has 6 heteroatoms. The summed E-state index contributed by atoms with van der Waals surface area (Å²) in [4.78, 5) is 26.4. The summed E-state index contributed by atoms with van der Waals surface area (Å²) in [5, 5.41) is 5.63. The molecule has 116 valence electrons. The van der Waals surface area contributed by atoms with Gasteiger partial charge in [0.25, 0.3) is 5.56 Å². The first-order chi connectivity index (χ1) is 10.6. The van der Waals surface area contributed by atoms with E-state index in [0.717, 1.165) is 24.8 Å². The van der Waals surface area contributed by atoms with Crippen LogP contribution >= 0.6 is 0 Å². The van der Waals surface area contributed by atoms with Crippen LogP contribution in [0.15, 0.2) is 29.1 Å². The number of nitrogens with zero attached hydrogens (tertiary/aromatic N) is 3. The Kier molecular flexibility index (Phi) is 3.94. The van der Waals surface area contributed by atoms with Crippen molar-refractivity contribution in [1.29, 1.82) is 0 Å². The molecule has 1 saturated heterocycles. The molecular weight excluding hydrogens is 280 g/mol. The first kappa shape index (κ1) is 14.7. The van der Waals surface area contributed by atoms with Gasteiger partial charge in [0.05, 0.1) is 17.5 Å². The third kappa shape index (κ3) is 2.74. The Balaban J connectivity index is 1.92. The van der Waals surface area contributed by atoms with E-state index in [9.17, 15) is 9.59 Å². The molecule has 0 bridgehead atoms. The number of likely N-dealkylation sites (tertiary alicyclic amines) is 1. The lowest BCUT2D eigenvalue weighted by Gasteiger charge is -2.30. The van der Waals surface area contributed by atoms with Gasteiger partial charge in [0.1, 0.15) is 0 Å². The molecule has 1 atom stereocenters. The molecule has 1 amide bonds. The summed E-state index contributed by atoms with van der Waals surface area (Å²) < 4.78 is 1.30. The lowest BCUT2D eigenvalue weighted by molar-refractivity contribution is -0.131. The number of hydrogen-bond acceptors (Lipinski definition) is 4. The molecule has 22 heavy (non-hydrogen) atoms. The Bertz CT molecular complexity index is 768. The summed E-state index contributed by atoms with van der Waals surface area (Å²) in [5.74, 6) is 0.0199. The van der Waals surface area contributed by atoms with E-state index in [1.54, 1.807) is 18.0 Å². The van der Waals surface area contributed by atoms with Gasteiger partial charge in [-0.15, -0.1) is 0 Å². The van der Waals surface area contributed by atoms with Gasteiger partial charge in [0.15, 0.2) is 0 Å². The van der Waals surface area contributed by atoms with Crippen LogP contribution in [0.25, 0.3) is 10.8 Å². The molecule has 2 aromatic rings. The highest BCUT2D eigenvalue weighted by atomic mass is 16.2. The molecule has 1 unspecified atom stereocenters. The number of fused-ring (bicyclic) bond motifs is 1. The molecule has 2 heterocycles. The zero-order valence-corrected chi connectivity index (χ0v) is 12.7. The van der Waals surface area contributed by atoms with Crippen LogP contribution in [0.1, 0.15) is 18.5 Å². The van der Waals surface area contributed by atoms with E-state index in [4.69, 9.17) is 5.73 Å². The minimum atomic E-state index is -0.146. The molecule has 6 nitrogen and oxygen atoms in total. The van der Waals surface area contributed by atoms with E-state index in [1.165, 1.54) is 4.68 Å². The standard InChI is InChI=1S/C16H20N4O2/c1-19-16(22)13-7-3-2-6-12(13)14(18-19)9-15(21)20-8-4-5-11(17)10-20/h2-3,6-7,11H,4-5,8-10,17H2,1H3. The van der Waals surface area contributed by atoms with Crippen LogP contribution in [-0.4, -0.2) is 39.7 Å². The first-order valence-electron chi connectivity index (χ1n) is 7.54. The number of carbonyl (C=O) groups is 1. The molecule has 3 rings (SSSR count). The van der Waals surface area contributed by atoms with E-state index in [-0.39, 0.29) is 23.9 Å². The quantitative estimate of drug-likeness (QED) is 0.872. The van der Waals surface area contributed by atoms with Crippen LogP contribution in [0.3, 0.4) is 0 Å². The van der Waals surface area contributed by atoms with E-state index in [0.29, 0.717) is 17.6 Å². The smallest absolute Gasteiger partial charge is 0.274 e. The normalized spacial score (nSPS) is 18.6. The lowest BCUT2D eigenvalue weighted by atomic mass is 10.0.